The molecule has 9 heteroatoms. The van der Waals surface area contributed by atoms with Gasteiger partial charge in [0.1, 0.15) is 0 Å². The van der Waals surface area contributed by atoms with Crippen LogP contribution in [0, 0.1) is 6.92 Å². The molecule has 1 N–H and O–H groups in total. The molecule has 0 radical (unpaired) electrons. The van der Waals surface area contributed by atoms with Crippen molar-refractivity contribution in [3.63, 3.8) is 0 Å². The molecule has 0 atom stereocenters. The summed E-state index contributed by atoms with van der Waals surface area (Å²) in [5.41, 5.74) is 0.936. The maximum Gasteiger partial charge on any atom is 0.288 e. The van der Waals surface area contributed by atoms with Crippen LogP contribution in [-0.4, -0.2) is 43.3 Å². The Morgan fingerprint density at radius 3 is 2.67 bits per heavy atom. The average Bonchev–Trinajstić information content (AvgIpc) is 2.69. The molecule has 0 bridgehead atoms. The number of imide groups is 1. The lowest BCUT2D eigenvalue weighted by atomic mass is 10.2. The number of carbonyl (C=O) groups excluding carboxylic acids is 2. The van der Waals surface area contributed by atoms with Crippen molar-refractivity contribution in [3.8, 4) is 0 Å². The van der Waals surface area contributed by atoms with Crippen molar-refractivity contribution >= 4 is 48.9 Å². The van der Waals surface area contributed by atoms with Crippen molar-refractivity contribution in [3.05, 3.63) is 28.2 Å². The molecule has 0 spiro atoms. The van der Waals surface area contributed by atoms with Crippen molar-refractivity contribution in [1.82, 2.24) is 9.62 Å². The van der Waals surface area contributed by atoms with Crippen molar-refractivity contribution in [2.45, 2.75) is 11.8 Å². The molecule has 1 aliphatic rings. The van der Waals surface area contributed by atoms with Crippen LogP contribution in [-0.2, 0) is 14.8 Å². The van der Waals surface area contributed by atoms with Gasteiger partial charge in [0.25, 0.3) is 5.24 Å². The normalized spacial score (nSPS) is 15.8. The summed E-state index contributed by atoms with van der Waals surface area (Å²) in [4.78, 5) is 24.0. The van der Waals surface area contributed by atoms with Gasteiger partial charge in [0.05, 0.1) is 10.6 Å². The number of nitrogens with one attached hydrogen (secondary N) is 1. The van der Waals surface area contributed by atoms with Crippen LogP contribution in [0.25, 0.3) is 0 Å². The fraction of sp³-hybridized carbons (Fsp3) is 0.333. The number of thioether (sulfide) groups is 1. The third kappa shape index (κ3) is 3.85. The minimum Gasteiger partial charge on any atom is -0.273 e. The predicted octanol–water partition coefficient (Wildman–Crippen LogP) is 1.73. The number of hydrogen-bond acceptors (Lipinski definition) is 5. The van der Waals surface area contributed by atoms with Gasteiger partial charge in [-0.15, -0.1) is 0 Å². The molecule has 1 saturated heterocycles. The summed E-state index contributed by atoms with van der Waals surface area (Å²) in [6.07, 6.45) is 0. The van der Waals surface area contributed by atoms with Crippen LogP contribution in [0.1, 0.15) is 5.56 Å². The summed E-state index contributed by atoms with van der Waals surface area (Å²) in [6, 6.07) is 4.91. The Morgan fingerprint density at radius 1 is 1.38 bits per heavy atom. The first kappa shape index (κ1) is 16.5. The van der Waals surface area contributed by atoms with Crippen LogP contribution in [0.3, 0.4) is 0 Å². The zero-order valence-corrected chi connectivity index (χ0v) is 14.3. The molecular formula is C12H13BrN2O4S2. The van der Waals surface area contributed by atoms with Gasteiger partial charge in [0.15, 0.2) is 0 Å². The van der Waals surface area contributed by atoms with Gasteiger partial charge in [0, 0.05) is 17.6 Å². The highest BCUT2D eigenvalue weighted by Crippen LogP contribution is 2.23. The number of sulfonamides is 1. The van der Waals surface area contributed by atoms with Crippen LogP contribution < -0.4 is 4.72 Å². The number of amides is 2. The van der Waals surface area contributed by atoms with Crippen molar-refractivity contribution in [2.24, 2.45) is 0 Å². The third-order valence-electron chi connectivity index (χ3n) is 2.84. The van der Waals surface area contributed by atoms with Gasteiger partial charge < -0.3 is 0 Å². The average molecular weight is 393 g/mol. The summed E-state index contributed by atoms with van der Waals surface area (Å²) >= 11 is 4.14. The van der Waals surface area contributed by atoms with E-state index < -0.39 is 10.0 Å². The fourth-order valence-electron chi connectivity index (χ4n) is 1.79. The summed E-state index contributed by atoms with van der Waals surface area (Å²) in [6.45, 7) is 1.88. The van der Waals surface area contributed by atoms with E-state index in [0.717, 1.165) is 22.2 Å². The third-order valence-corrected chi connectivity index (χ3v) is 6.14. The molecule has 0 aliphatic carbocycles. The van der Waals surface area contributed by atoms with Crippen LogP contribution in [0.5, 0.6) is 0 Å². The Balaban J connectivity index is 2.02. The molecule has 1 aromatic carbocycles. The smallest absolute Gasteiger partial charge is 0.273 e. The first-order valence-corrected chi connectivity index (χ1v) is 9.30. The van der Waals surface area contributed by atoms with E-state index in [1.807, 2.05) is 6.92 Å². The Labute approximate surface area is 135 Å². The van der Waals surface area contributed by atoms with Gasteiger partial charge in [-0.3, -0.25) is 14.5 Å². The van der Waals surface area contributed by atoms with Crippen molar-refractivity contribution < 1.29 is 18.0 Å². The maximum absolute atomic E-state index is 12.2. The zero-order chi connectivity index (χ0) is 15.6. The molecule has 1 aliphatic heterocycles. The SMILES string of the molecule is Cc1ccc(S(=O)(=O)NCCN2C(=O)CSC2=O)c(Br)c1. The van der Waals surface area contributed by atoms with Crippen molar-refractivity contribution in [1.29, 1.82) is 0 Å². The summed E-state index contributed by atoms with van der Waals surface area (Å²) in [5, 5.41) is -0.337. The molecule has 114 valence electrons. The first-order chi connectivity index (χ1) is 9.81. The zero-order valence-electron chi connectivity index (χ0n) is 11.1. The monoisotopic (exact) mass is 392 g/mol. The van der Waals surface area contributed by atoms with E-state index in [1.54, 1.807) is 12.1 Å². The second-order valence-electron chi connectivity index (χ2n) is 4.43. The van der Waals surface area contributed by atoms with Gasteiger partial charge in [0.2, 0.25) is 15.9 Å². The van der Waals surface area contributed by atoms with Crippen LogP contribution in [0.15, 0.2) is 27.6 Å². The van der Waals surface area contributed by atoms with Crippen LogP contribution >= 0.6 is 27.7 Å². The van der Waals surface area contributed by atoms with Crippen LogP contribution in [0.2, 0.25) is 0 Å². The highest BCUT2D eigenvalue weighted by molar-refractivity contribution is 9.10. The Morgan fingerprint density at radius 2 is 2.10 bits per heavy atom. The van der Waals surface area contributed by atoms with E-state index in [1.165, 1.54) is 6.07 Å². The summed E-state index contributed by atoms with van der Waals surface area (Å²) in [7, 11) is -3.69. The molecule has 2 rings (SSSR count). The first-order valence-electron chi connectivity index (χ1n) is 6.04. The summed E-state index contributed by atoms with van der Waals surface area (Å²) in [5.74, 6) is -0.171. The molecule has 0 unspecified atom stereocenters. The molecule has 0 aromatic heterocycles. The lowest BCUT2D eigenvalue weighted by Gasteiger charge is -2.14. The number of carbonyl (C=O) groups is 2. The topological polar surface area (TPSA) is 83.6 Å². The van der Waals surface area contributed by atoms with Crippen LogP contribution in [0.4, 0.5) is 4.79 Å². The minimum atomic E-state index is -3.69. The number of aryl methyl sites for hydroxylation is 1. The molecule has 1 aromatic rings. The van der Waals surface area contributed by atoms with E-state index in [-0.39, 0.29) is 34.9 Å². The quantitative estimate of drug-likeness (QED) is 0.824. The molecule has 21 heavy (non-hydrogen) atoms. The van der Waals surface area contributed by atoms with Gasteiger partial charge >= 0.3 is 0 Å². The fourth-order valence-corrected chi connectivity index (χ4v) is 4.75. The standard InChI is InChI=1S/C12H13BrN2O4S2/c1-8-2-3-10(9(13)6-8)21(18,19)14-4-5-15-11(16)7-20-12(15)17/h2-3,6,14H,4-5,7H2,1H3. The van der Waals surface area contributed by atoms with Gasteiger partial charge in [-0.05, 0) is 40.5 Å². The number of nitrogens with zero attached hydrogens (tertiary/aromatic N) is 1. The van der Waals surface area contributed by atoms with Gasteiger partial charge in [-0.2, -0.15) is 0 Å². The second kappa shape index (κ2) is 6.47. The minimum absolute atomic E-state index is 0.0132. The summed E-state index contributed by atoms with van der Waals surface area (Å²) < 4.78 is 27.2. The maximum atomic E-state index is 12.2. The predicted molar refractivity (Wildman–Crippen MR) is 83.6 cm³/mol. The highest BCUT2D eigenvalue weighted by atomic mass is 79.9. The number of halogens is 1. The van der Waals surface area contributed by atoms with E-state index >= 15 is 0 Å². The lowest BCUT2D eigenvalue weighted by Crippen LogP contribution is -2.37. The molecular weight excluding hydrogens is 380 g/mol. The molecule has 1 fully saturated rings. The van der Waals surface area contributed by atoms with Gasteiger partial charge in [-0.25, -0.2) is 13.1 Å². The Kier molecular flexibility index (Phi) is 5.07. The van der Waals surface area contributed by atoms with E-state index in [9.17, 15) is 18.0 Å². The number of benzene rings is 1. The highest BCUT2D eigenvalue weighted by Gasteiger charge is 2.29. The van der Waals surface area contributed by atoms with Crippen molar-refractivity contribution in [2.75, 3.05) is 18.8 Å². The number of rotatable bonds is 5. The second-order valence-corrected chi connectivity index (χ2v) is 7.95. The van der Waals surface area contributed by atoms with E-state index in [0.29, 0.717) is 4.47 Å². The molecule has 2 amide bonds. The van der Waals surface area contributed by atoms with E-state index in [4.69, 9.17) is 0 Å². The van der Waals surface area contributed by atoms with E-state index in [2.05, 4.69) is 20.7 Å². The Hall–Kier alpha value is -0.900. The van der Waals surface area contributed by atoms with Gasteiger partial charge in [-0.1, -0.05) is 17.8 Å². The molecule has 1 heterocycles. The Bertz CT molecular complexity index is 674. The molecule has 0 saturated carbocycles. The largest absolute Gasteiger partial charge is 0.288 e. The lowest BCUT2D eigenvalue weighted by molar-refractivity contribution is -0.124. The number of hydrogen-bond donors (Lipinski definition) is 1. The molecule has 6 nitrogen and oxygen atoms in total.